The minimum atomic E-state index is -0.420. The van der Waals surface area contributed by atoms with E-state index in [0.29, 0.717) is 22.8 Å². The monoisotopic (exact) mass is 409 g/mol. The fraction of sp³-hybridized carbons (Fsp3) is 0.250. The summed E-state index contributed by atoms with van der Waals surface area (Å²) in [5.74, 6) is -0.791. The molecule has 1 unspecified atom stereocenters. The number of esters is 1. The lowest BCUT2D eigenvalue weighted by atomic mass is 9.83. The van der Waals surface area contributed by atoms with Gasteiger partial charge in [0.05, 0.1) is 12.1 Å². The topological polar surface area (TPSA) is 46.6 Å². The van der Waals surface area contributed by atoms with Crippen molar-refractivity contribution in [2.75, 3.05) is 6.61 Å². The molecule has 0 saturated heterocycles. The van der Waals surface area contributed by atoms with E-state index in [2.05, 4.69) is 6.58 Å². The quantitative estimate of drug-likeness (QED) is 0.488. The van der Waals surface area contributed by atoms with E-state index in [4.69, 9.17) is 16.3 Å². The molecule has 0 saturated carbocycles. The minimum Gasteiger partial charge on any atom is -0.458 e. The largest absolute Gasteiger partial charge is 0.458 e. The molecular weight excluding hydrogens is 386 g/mol. The number of benzene rings is 2. The summed E-state index contributed by atoms with van der Waals surface area (Å²) in [6, 6.07) is 15.3. The number of hydrogen-bond acceptors (Lipinski definition) is 3. The highest BCUT2D eigenvalue weighted by Crippen LogP contribution is 2.37. The molecule has 29 heavy (non-hydrogen) atoms. The van der Waals surface area contributed by atoms with Crippen molar-refractivity contribution in [1.29, 1.82) is 0 Å². The first-order valence-electron chi connectivity index (χ1n) is 9.51. The van der Waals surface area contributed by atoms with E-state index < -0.39 is 5.97 Å². The van der Waals surface area contributed by atoms with Crippen molar-refractivity contribution in [3.05, 3.63) is 94.2 Å². The van der Waals surface area contributed by atoms with Gasteiger partial charge in [0, 0.05) is 23.1 Å². The molecule has 0 spiro atoms. The number of hydrogen-bond donors (Lipinski definition) is 0. The summed E-state index contributed by atoms with van der Waals surface area (Å²) in [4.78, 5) is 27.5. The van der Waals surface area contributed by atoms with E-state index in [1.165, 1.54) is 6.08 Å². The molecule has 0 aliphatic carbocycles. The molecule has 1 heterocycles. The van der Waals surface area contributed by atoms with Gasteiger partial charge in [0.15, 0.2) is 0 Å². The highest BCUT2D eigenvalue weighted by Gasteiger charge is 2.36. The summed E-state index contributed by atoms with van der Waals surface area (Å²) in [6.07, 6.45) is 1.74. The van der Waals surface area contributed by atoms with Gasteiger partial charge >= 0.3 is 5.97 Å². The highest BCUT2D eigenvalue weighted by atomic mass is 35.5. The SMILES string of the molecule is C=CCOC(=O)C1=C(C)N(Cc2cccc(Cl)c2)C(=O)CC1c1ccc(C)cc1. The molecule has 2 aromatic carbocycles. The summed E-state index contributed by atoms with van der Waals surface area (Å²) in [7, 11) is 0. The van der Waals surface area contributed by atoms with Crippen LogP contribution in [0.2, 0.25) is 5.02 Å². The Balaban J connectivity index is 2.01. The van der Waals surface area contributed by atoms with Crippen molar-refractivity contribution in [3.63, 3.8) is 0 Å². The van der Waals surface area contributed by atoms with Crippen molar-refractivity contribution < 1.29 is 14.3 Å². The Morgan fingerprint density at radius 3 is 2.62 bits per heavy atom. The molecule has 1 amide bonds. The van der Waals surface area contributed by atoms with Crippen LogP contribution in [0, 0.1) is 6.92 Å². The molecule has 1 aliphatic heterocycles. The number of carbonyl (C=O) groups is 2. The molecule has 4 nitrogen and oxygen atoms in total. The number of rotatable bonds is 6. The maximum absolute atomic E-state index is 13.0. The summed E-state index contributed by atoms with van der Waals surface area (Å²) >= 11 is 6.09. The first kappa shape index (κ1) is 20.9. The Hall–Kier alpha value is -2.85. The van der Waals surface area contributed by atoms with Crippen molar-refractivity contribution in [1.82, 2.24) is 4.90 Å². The van der Waals surface area contributed by atoms with E-state index in [1.807, 2.05) is 49.4 Å². The second-order valence-corrected chi connectivity index (χ2v) is 7.60. The fourth-order valence-corrected chi connectivity index (χ4v) is 3.79. The van der Waals surface area contributed by atoms with Crippen molar-refractivity contribution in [3.8, 4) is 0 Å². The molecule has 0 fully saturated rings. The number of halogens is 1. The van der Waals surface area contributed by atoms with Gasteiger partial charge < -0.3 is 9.64 Å². The van der Waals surface area contributed by atoms with Crippen molar-refractivity contribution in [2.24, 2.45) is 0 Å². The molecule has 0 N–H and O–H groups in total. The maximum Gasteiger partial charge on any atom is 0.336 e. The van der Waals surface area contributed by atoms with Crippen LogP contribution in [0.3, 0.4) is 0 Å². The van der Waals surface area contributed by atoms with Gasteiger partial charge in [0.1, 0.15) is 6.61 Å². The number of allylic oxidation sites excluding steroid dienone is 1. The number of ether oxygens (including phenoxy) is 1. The van der Waals surface area contributed by atoms with Crippen LogP contribution in [-0.4, -0.2) is 23.4 Å². The lowest BCUT2D eigenvalue weighted by molar-refractivity contribution is -0.139. The zero-order valence-electron chi connectivity index (χ0n) is 16.7. The molecule has 1 aliphatic rings. The highest BCUT2D eigenvalue weighted by molar-refractivity contribution is 6.30. The predicted octanol–water partition coefficient (Wildman–Crippen LogP) is 5.17. The lowest BCUT2D eigenvalue weighted by Gasteiger charge is -2.34. The molecule has 0 aromatic heterocycles. The second-order valence-electron chi connectivity index (χ2n) is 7.16. The number of carbonyl (C=O) groups excluding carboxylic acids is 2. The van der Waals surface area contributed by atoms with E-state index in [1.54, 1.807) is 17.9 Å². The Kier molecular flexibility index (Phi) is 6.55. The zero-order valence-corrected chi connectivity index (χ0v) is 17.4. The number of aryl methyl sites for hydroxylation is 1. The summed E-state index contributed by atoms with van der Waals surface area (Å²) in [5, 5.41) is 0.608. The van der Waals surface area contributed by atoms with E-state index in [0.717, 1.165) is 16.7 Å². The second kappa shape index (κ2) is 9.10. The summed E-state index contributed by atoms with van der Waals surface area (Å²) in [5.41, 5.74) is 4.07. The van der Waals surface area contributed by atoms with Crippen LogP contribution in [-0.2, 0) is 20.9 Å². The van der Waals surface area contributed by atoms with Gasteiger partial charge in [-0.05, 0) is 37.1 Å². The van der Waals surface area contributed by atoms with Gasteiger partial charge in [-0.3, -0.25) is 4.79 Å². The predicted molar refractivity (Wildman–Crippen MR) is 114 cm³/mol. The Morgan fingerprint density at radius 2 is 1.97 bits per heavy atom. The fourth-order valence-electron chi connectivity index (χ4n) is 3.58. The molecular formula is C24H24ClNO3. The minimum absolute atomic E-state index is 0.0340. The molecule has 0 bridgehead atoms. The normalized spacial score (nSPS) is 16.7. The standard InChI is InChI=1S/C24H24ClNO3/c1-4-12-29-24(28)23-17(3)26(15-18-6-5-7-20(25)13-18)22(27)14-21(23)19-10-8-16(2)9-11-19/h4-11,13,21H,1,12,14-15H2,2-3H3. The molecule has 150 valence electrons. The molecule has 1 atom stereocenters. The van der Waals surface area contributed by atoms with Gasteiger partial charge in [-0.1, -0.05) is 66.2 Å². The maximum atomic E-state index is 13.0. The van der Waals surface area contributed by atoms with Gasteiger partial charge in [0.25, 0.3) is 0 Å². The number of nitrogens with zero attached hydrogens (tertiary/aromatic N) is 1. The van der Waals surface area contributed by atoms with E-state index in [-0.39, 0.29) is 24.9 Å². The first-order chi connectivity index (χ1) is 13.9. The molecule has 2 aromatic rings. The smallest absolute Gasteiger partial charge is 0.336 e. The zero-order chi connectivity index (χ0) is 21.0. The third-order valence-corrected chi connectivity index (χ3v) is 5.32. The average molecular weight is 410 g/mol. The third kappa shape index (κ3) is 4.77. The van der Waals surface area contributed by atoms with Crippen LogP contribution < -0.4 is 0 Å². The molecule has 5 heteroatoms. The summed E-state index contributed by atoms with van der Waals surface area (Å²) in [6.45, 7) is 7.88. The molecule has 0 radical (unpaired) electrons. The third-order valence-electron chi connectivity index (χ3n) is 5.08. The van der Waals surface area contributed by atoms with E-state index >= 15 is 0 Å². The van der Waals surface area contributed by atoms with Crippen LogP contribution in [0.15, 0.2) is 72.5 Å². The lowest BCUT2D eigenvalue weighted by Crippen LogP contribution is -2.38. The van der Waals surface area contributed by atoms with Crippen LogP contribution in [0.1, 0.15) is 36.0 Å². The Bertz CT molecular complexity index is 962. The van der Waals surface area contributed by atoms with Gasteiger partial charge in [-0.2, -0.15) is 0 Å². The van der Waals surface area contributed by atoms with Crippen LogP contribution in [0.4, 0.5) is 0 Å². The Morgan fingerprint density at radius 1 is 1.24 bits per heavy atom. The van der Waals surface area contributed by atoms with Crippen molar-refractivity contribution in [2.45, 2.75) is 32.7 Å². The van der Waals surface area contributed by atoms with Crippen LogP contribution in [0.5, 0.6) is 0 Å². The Labute approximate surface area is 176 Å². The van der Waals surface area contributed by atoms with Crippen LogP contribution in [0.25, 0.3) is 0 Å². The first-order valence-corrected chi connectivity index (χ1v) is 9.88. The van der Waals surface area contributed by atoms with Crippen molar-refractivity contribution >= 4 is 23.5 Å². The molecule has 3 rings (SSSR count). The number of amides is 1. The van der Waals surface area contributed by atoms with Gasteiger partial charge in [0.2, 0.25) is 5.91 Å². The average Bonchev–Trinajstić information content (AvgIpc) is 2.69. The van der Waals surface area contributed by atoms with Gasteiger partial charge in [-0.15, -0.1) is 0 Å². The van der Waals surface area contributed by atoms with Gasteiger partial charge in [-0.25, -0.2) is 4.79 Å². The van der Waals surface area contributed by atoms with Crippen LogP contribution >= 0.6 is 11.6 Å². The summed E-state index contributed by atoms with van der Waals surface area (Å²) < 4.78 is 5.36. The van der Waals surface area contributed by atoms with E-state index in [9.17, 15) is 9.59 Å².